The zero-order valence-electron chi connectivity index (χ0n) is 10.9. The Morgan fingerprint density at radius 2 is 1.70 bits per heavy atom. The van der Waals surface area contributed by atoms with Crippen LogP contribution >= 0.6 is 54.5 Å². The number of hydrogen-bond donors (Lipinski definition) is 0. The lowest BCUT2D eigenvalue weighted by Crippen LogP contribution is -2.56. The smallest absolute Gasteiger partial charge is 0.486 e. The molecule has 0 N–H and O–H groups in total. The fourth-order valence-electron chi connectivity index (χ4n) is 1.46. The molecule has 0 aromatic heterocycles. The highest BCUT2D eigenvalue weighted by molar-refractivity contribution is 14.1. The lowest BCUT2D eigenvalue weighted by Gasteiger charge is -2.33. The standard InChI is InChI=1S/C11H7Br2F7IOS/c1-5(21)8(13)3-6(12)2-7(4-8)23(22)11(19,20)9(14,15)10(16,17)18/h2-5H,1H3. The third kappa shape index (κ3) is 4.22. The Kier molecular flexibility index (Phi) is 6.66. The van der Waals surface area contributed by atoms with Crippen molar-refractivity contribution in [3.05, 3.63) is 28.0 Å². The van der Waals surface area contributed by atoms with E-state index in [1.54, 1.807) is 6.92 Å². The SMILES string of the molecule is CC(I)C1(Br)[CH]C(Br)=CC([S+]([O-])C(F)(F)C(F)(F)C(F)(F)F)=C1. The Morgan fingerprint density at radius 1 is 1.22 bits per heavy atom. The van der Waals surface area contributed by atoms with Gasteiger partial charge in [-0.05, 0) is 6.08 Å². The Hall–Kier alpha value is 0.990. The van der Waals surface area contributed by atoms with Gasteiger partial charge in [0.1, 0.15) is 0 Å². The second kappa shape index (κ2) is 6.95. The number of rotatable bonds is 4. The lowest BCUT2D eigenvalue weighted by molar-refractivity contribution is -0.331. The summed E-state index contributed by atoms with van der Waals surface area (Å²) in [5, 5.41) is -5.82. The van der Waals surface area contributed by atoms with Crippen molar-refractivity contribution >= 4 is 65.6 Å². The van der Waals surface area contributed by atoms with Crippen LogP contribution < -0.4 is 0 Å². The van der Waals surface area contributed by atoms with Gasteiger partial charge in [-0.15, -0.1) is 8.78 Å². The maximum absolute atomic E-state index is 13.6. The molecule has 1 radical (unpaired) electrons. The summed E-state index contributed by atoms with van der Waals surface area (Å²) in [5.74, 6) is -6.43. The van der Waals surface area contributed by atoms with Crippen molar-refractivity contribution in [3.8, 4) is 0 Å². The summed E-state index contributed by atoms with van der Waals surface area (Å²) in [7, 11) is 0. The fourth-order valence-corrected chi connectivity index (χ4v) is 4.73. The van der Waals surface area contributed by atoms with E-state index in [1.165, 1.54) is 6.42 Å². The van der Waals surface area contributed by atoms with Crippen molar-refractivity contribution in [1.82, 2.24) is 0 Å². The van der Waals surface area contributed by atoms with E-state index in [9.17, 15) is 35.3 Å². The zero-order valence-corrected chi connectivity index (χ0v) is 17.1. The molecule has 0 amide bonds. The third-order valence-electron chi connectivity index (χ3n) is 2.78. The predicted molar refractivity (Wildman–Crippen MR) is 88.6 cm³/mol. The highest BCUT2D eigenvalue weighted by Gasteiger charge is 2.80. The van der Waals surface area contributed by atoms with Gasteiger partial charge < -0.3 is 4.55 Å². The van der Waals surface area contributed by atoms with Crippen LogP contribution in [-0.4, -0.2) is 30.2 Å². The van der Waals surface area contributed by atoms with Crippen LogP contribution in [0.1, 0.15) is 6.92 Å². The van der Waals surface area contributed by atoms with Crippen LogP contribution in [0, 0.1) is 6.42 Å². The molecule has 0 saturated heterocycles. The first-order valence-electron chi connectivity index (χ1n) is 5.59. The largest absolute Gasteiger partial charge is 0.607 e. The molecule has 0 heterocycles. The molecule has 1 nitrogen and oxygen atoms in total. The molecule has 0 aliphatic heterocycles. The van der Waals surface area contributed by atoms with E-state index < -0.39 is 37.8 Å². The molecule has 23 heavy (non-hydrogen) atoms. The molecule has 0 aromatic rings. The Labute approximate surface area is 160 Å². The van der Waals surface area contributed by atoms with Crippen molar-refractivity contribution < 1.29 is 35.3 Å². The third-order valence-corrected chi connectivity index (χ3v) is 7.66. The summed E-state index contributed by atoms with van der Waals surface area (Å²) in [6, 6.07) is 0. The number of hydrogen-bond acceptors (Lipinski definition) is 1. The monoisotopic (exact) mass is 605 g/mol. The zero-order chi connectivity index (χ0) is 18.4. The van der Waals surface area contributed by atoms with Gasteiger partial charge in [-0.1, -0.05) is 61.4 Å². The molecule has 1 aliphatic rings. The van der Waals surface area contributed by atoms with Gasteiger partial charge >= 0.3 is 17.4 Å². The Balaban J connectivity index is 3.32. The van der Waals surface area contributed by atoms with Gasteiger partial charge in [-0.2, -0.15) is 22.0 Å². The molecule has 0 spiro atoms. The molecular formula is C11H7Br2F7IOS. The highest BCUT2D eigenvalue weighted by atomic mass is 127. The van der Waals surface area contributed by atoms with Crippen molar-refractivity contribution in [2.24, 2.45) is 0 Å². The molecule has 3 unspecified atom stereocenters. The molecular weight excluding hydrogens is 600 g/mol. The molecule has 1 rings (SSSR count). The van der Waals surface area contributed by atoms with Gasteiger partial charge in [-0.25, -0.2) is 0 Å². The fraction of sp³-hybridized carbons (Fsp3) is 0.545. The van der Waals surface area contributed by atoms with Crippen molar-refractivity contribution in [3.63, 3.8) is 0 Å². The van der Waals surface area contributed by atoms with Crippen molar-refractivity contribution in [2.45, 2.75) is 32.5 Å². The van der Waals surface area contributed by atoms with E-state index in [0.29, 0.717) is 0 Å². The average Bonchev–Trinajstić information content (AvgIpc) is 2.34. The van der Waals surface area contributed by atoms with E-state index >= 15 is 0 Å². The second-order valence-electron chi connectivity index (χ2n) is 4.52. The molecule has 3 atom stereocenters. The number of halogens is 10. The van der Waals surface area contributed by atoms with E-state index in [1.807, 2.05) is 22.6 Å². The summed E-state index contributed by atoms with van der Waals surface area (Å²) >= 11 is 4.07. The summed E-state index contributed by atoms with van der Waals surface area (Å²) < 4.78 is 100. The van der Waals surface area contributed by atoms with Gasteiger partial charge in [0.05, 0.1) is 15.5 Å². The maximum Gasteiger partial charge on any atom is 0.486 e. The van der Waals surface area contributed by atoms with Gasteiger partial charge in [0, 0.05) is 20.9 Å². The first-order valence-corrected chi connectivity index (χ1v) is 9.57. The van der Waals surface area contributed by atoms with Crippen molar-refractivity contribution in [1.29, 1.82) is 0 Å². The molecule has 0 fully saturated rings. The van der Waals surface area contributed by atoms with E-state index in [4.69, 9.17) is 0 Å². The molecule has 12 heteroatoms. The quantitative estimate of drug-likeness (QED) is 0.170. The summed E-state index contributed by atoms with van der Waals surface area (Å²) in [5.41, 5.74) is 0. The van der Waals surface area contributed by atoms with Gasteiger partial charge in [0.15, 0.2) is 4.91 Å². The molecule has 0 bridgehead atoms. The summed E-state index contributed by atoms with van der Waals surface area (Å²) in [6.07, 6.45) is -3.30. The van der Waals surface area contributed by atoms with Crippen LogP contribution in [0.25, 0.3) is 0 Å². The van der Waals surface area contributed by atoms with Crippen LogP contribution in [0.2, 0.25) is 0 Å². The molecule has 133 valence electrons. The molecule has 1 aliphatic carbocycles. The van der Waals surface area contributed by atoms with Gasteiger partial charge in [0.2, 0.25) is 0 Å². The number of allylic oxidation sites excluding steroid dienone is 3. The van der Waals surface area contributed by atoms with Crippen LogP contribution in [0.3, 0.4) is 0 Å². The molecule has 0 aromatic carbocycles. The second-order valence-corrected chi connectivity index (χ2v) is 10.2. The maximum atomic E-state index is 13.6. The topological polar surface area (TPSA) is 23.1 Å². The van der Waals surface area contributed by atoms with Crippen LogP contribution in [0.4, 0.5) is 30.7 Å². The van der Waals surface area contributed by atoms with E-state index in [0.717, 1.165) is 12.2 Å². The minimum atomic E-state index is -6.53. The average molecular weight is 607 g/mol. The first-order chi connectivity index (χ1) is 10.1. The van der Waals surface area contributed by atoms with Gasteiger partial charge in [-0.3, -0.25) is 0 Å². The lowest BCUT2D eigenvalue weighted by atomic mass is 9.98. The minimum absolute atomic E-state index is 0.120. The normalized spacial score (nSPS) is 26.4. The molecule has 0 saturated carbocycles. The Morgan fingerprint density at radius 3 is 2.09 bits per heavy atom. The first kappa shape index (κ1) is 22.0. The Bertz CT molecular complexity index is 535. The van der Waals surface area contributed by atoms with Crippen molar-refractivity contribution in [2.75, 3.05) is 0 Å². The number of alkyl halides is 9. The van der Waals surface area contributed by atoms with E-state index in [-0.39, 0.29) is 8.41 Å². The highest BCUT2D eigenvalue weighted by Crippen LogP contribution is 2.52. The summed E-state index contributed by atoms with van der Waals surface area (Å²) in [6.45, 7) is 1.64. The van der Waals surface area contributed by atoms with Gasteiger partial charge in [0.25, 0.3) is 0 Å². The predicted octanol–water partition coefficient (Wildman–Crippen LogP) is 5.86. The summed E-state index contributed by atoms with van der Waals surface area (Å²) in [4.78, 5) is -0.839. The van der Waals surface area contributed by atoms with Crippen LogP contribution in [-0.2, 0) is 11.2 Å². The van der Waals surface area contributed by atoms with Crippen LogP contribution in [0.15, 0.2) is 21.5 Å². The minimum Gasteiger partial charge on any atom is -0.607 e. The van der Waals surface area contributed by atoms with Crippen LogP contribution in [0.5, 0.6) is 0 Å². The van der Waals surface area contributed by atoms with E-state index in [2.05, 4.69) is 31.9 Å².